The third-order valence-electron chi connectivity index (χ3n) is 7.62. The molecule has 3 heterocycles. The van der Waals surface area contributed by atoms with Crippen LogP contribution in [0.3, 0.4) is 0 Å². The number of fused-ring (bicyclic) bond motifs is 1. The van der Waals surface area contributed by atoms with Gasteiger partial charge in [0.1, 0.15) is 6.10 Å². The predicted molar refractivity (Wildman–Crippen MR) is 159 cm³/mol. The van der Waals surface area contributed by atoms with E-state index in [2.05, 4.69) is 4.98 Å². The molecule has 2 fully saturated rings. The highest BCUT2D eigenvalue weighted by Crippen LogP contribution is 2.54. The minimum absolute atomic E-state index is 0.0872. The molecule has 2 aromatic carbocycles. The Hall–Kier alpha value is -2.70. The fourth-order valence-electron chi connectivity index (χ4n) is 5.53. The van der Waals surface area contributed by atoms with Crippen LogP contribution in [0.15, 0.2) is 59.8 Å². The summed E-state index contributed by atoms with van der Waals surface area (Å²) in [4.78, 5) is 18.0. The Balaban J connectivity index is 1.37. The molecular weight excluding hydrogens is 623 g/mol. The van der Waals surface area contributed by atoms with Crippen LogP contribution in [0.4, 0.5) is 0 Å². The van der Waals surface area contributed by atoms with Gasteiger partial charge in [-0.05, 0) is 42.7 Å². The summed E-state index contributed by atoms with van der Waals surface area (Å²) in [5.41, 5.74) is 1.06. The van der Waals surface area contributed by atoms with Gasteiger partial charge in [-0.15, -0.1) is 11.8 Å². The van der Waals surface area contributed by atoms with Gasteiger partial charge in [0.2, 0.25) is 15.8 Å². The van der Waals surface area contributed by atoms with Crippen LogP contribution in [0.25, 0.3) is 0 Å². The zero-order chi connectivity index (χ0) is 29.5. The van der Waals surface area contributed by atoms with E-state index in [1.54, 1.807) is 37.4 Å². The number of esters is 1. The third-order valence-corrected chi connectivity index (χ3v) is 11.5. The van der Waals surface area contributed by atoms with Crippen molar-refractivity contribution in [1.29, 1.82) is 0 Å². The van der Waals surface area contributed by atoms with E-state index in [1.165, 1.54) is 40.6 Å². The number of carbonyl (C=O) groups excluding carboxylic acids is 1. The highest BCUT2D eigenvalue weighted by Gasteiger charge is 2.48. The van der Waals surface area contributed by atoms with E-state index in [9.17, 15) is 13.2 Å². The number of pyridine rings is 1. The van der Waals surface area contributed by atoms with Crippen molar-refractivity contribution in [2.75, 3.05) is 19.4 Å². The molecule has 0 bridgehead atoms. The van der Waals surface area contributed by atoms with E-state index in [0.29, 0.717) is 57.0 Å². The van der Waals surface area contributed by atoms with Crippen LogP contribution in [-0.4, -0.2) is 54.2 Å². The zero-order valence-electron chi connectivity index (χ0n) is 22.6. The first kappa shape index (κ1) is 29.4. The Morgan fingerprint density at radius 1 is 1.10 bits per heavy atom. The SMILES string of the molecule is COc1ccc([C@H](Cc2c(Cl)cncc2Cl)OC(=O)[C@@H]2SCCN2S(=O)(=O)c2ccccc2)c2c1OC1(CCCC1)O2. The molecule has 2 atom stereocenters. The monoisotopic (exact) mass is 650 g/mol. The quantitative estimate of drug-likeness (QED) is 0.270. The molecule has 2 aliphatic heterocycles. The van der Waals surface area contributed by atoms with Crippen molar-refractivity contribution in [1.82, 2.24) is 9.29 Å². The van der Waals surface area contributed by atoms with Crippen molar-refractivity contribution in [2.45, 2.75) is 54.3 Å². The molecule has 6 rings (SSSR count). The summed E-state index contributed by atoms with van der Waals surface area (Å²) < 4.78 is 52.7. The smallest absolute Gasteiger partial charge is 0.335 e. The molecule has 222 valence electrons. The van der Waals surface area contributed by atoms with Gasteiger partial charge in [-0.2, -0.15) is 4.31 Å². The Morgan fingerprint density at radius 2 is 1.79 bits per heavy atom. The minimum Gasteiger partial charge on any atom is -0.493 e. The first-order valence-electron chi connectivity index (χ1n) is 13.5. The highest BCUT2D eigenvalue weighted by molar-refractivity contribution is 8.02. The van der Waals surface area contributed by atoms with Crippen LogP contribution >= 0.6 is 35.0 Å². The molecule has 0 radical (unpaired) electrons. The molecule has 0 unspecified atom stereocenters. The first-order chi connectivity index (χ1) is 20.2. The molecule has 1 saturated carbocycles. The molecule has 1 saturated heterocycles. The van der Waals surface area contributed by atoms with Crippen LogP contribution in [-0.2, 0) is 26.0 Å². The molecule has 1 aromatic heterocycles. The number of rotatable bonds is 8. The number of aromatic nitrogens is 1. The van der Waals surface area contributed by atoms with Gasteiger partial charge in [0.25, 0.3) is 5.79 Å². The lowest BCUT2D eigenvalue weighted by atomic mass is 10.00. The lowest BCUT2D eigenvalue weighted by molar-refractivity contribution is -0.150. The molecule has 0 N–H and O–H groups in total. The van der Waals surface area contributed by atoms with Crippen molar-refractivity contribution in [3.63, 3.8) is 0 Å². The number of ether oxygens (including phenoxy) is 4. The molecule has 3 aliphatic rings. The number of methoxy groups -OCH3 is 1. The fourth-order valence-corrected chi connectivity index (χ4v) is 9.12. The Morgan fingerprint density at radius 3 is 2.48 bits per heavy atom. The van der Waals surface area contributed by atoms with Gasteiger partial charge in [0.05, 0.1) is 22.1 Å². The van der Waals surface area contributed by atoms with E-state index < -0.39 is 33.3 Å². The molecule has 3 aromatic rings. The van der Waals surface area contributed by atoms with Crippen LogP contribution in [0, 0.1) is 0 Å². The zero-order valence-corrected chi connectivity index (χ0v) is 25.8. The number of sulfonamides is 1. The van der Waals surface area contributed by atoms with Gasteiger partial charge >= 0.3 is 5.97 Å². The fraction of sp³-hybridized carbons (Fsp3) is 0.379. The summed E-state index contributed by atoms with van der Waals surface area (Å²) in [6, 6.07) is 11.5. The summed E-state index contributed by atoms with van der Waals surface area (Å²) in [6.07, 6.45) is 5.40. The summed E-state index contributed by atoms with van der Waals surface area (Å²) in [5, 5.41) is -0.464. The van der Waals surface area contributed by atoms with Gasteiger partial charge < -0.3 is 18.9 Å². The van der Waals surface area contributed by atoms with Crippen molar-refractivity contribution in [2.24, 2.45) is 0 Å². The Labute approximate surface area is 258 Å². The second kappa shape index (κ2) is 11.8. The summed E-state index contributed by atoms with van der Waals surface area (Å²) in [7, 11) is -2.39. The number of benzene rings is 2. The third kappa shape index (κ3) is 5.41. The van der Waals surface area contributed by atoms with Gasteiger partial charge in [-0.25, -0.2) is 13.2 Å². The van der Waals surface area contributed by atoms with E-state index in [4.69, 9.17) is 42.1 Å². The Kier molecular flexibility index (Phi) is 8.23. The average molecular weight is 652 g/mol. The predicted octanol–water partition coefficient (Wildman–Crippen LogP) is 6.03. The van der Waals surface area contributed by atoms with Gasteiger partial charge in [0.15, 0.2) is 16.9 Å². The Bertz CT molecular complexity index is 1580. The second-order valence-electron chi connectivity index (χ2n) is 10.2. The molecule has 0 amide bonds. The number of hydrogen-bond acceptors (Lipinski definition) is 9. The molecule has 9 nitrogen and oxygen atoms in total. The summed E-state index contributed by atoms with van der Waals surface area (Å²) in [5.74, 6) is 0.275. The topological polar surface area (TPSA) is 104 Å². The minimum atomic E-state index is -3.94. The van der Waals surface area contributed by atoms with Crippen molar-refractivity contribution in [3.05, 3.63) is 76.0 Å². The number of thioether (sulfide) groups is 1. The van der Waals surface area contributed by atoms with Crippen molar-refractivity contribution < 1.29 is 32.2 Å². The first-order valence-corrected chi connectivity index (χ1v) is 16.7. The van der Waals surface area contributed by atoms with Crippen molar-refractivity contribution in [3.8, 4) is 17.2 Å². The highest BCUT2D eigenvalue weighted by atomic mass is 35.5. The number of hydrogen-bond donors (Lipinski definition) is 0. The van der Waals surface area contributed by atoms with Gasteiger partial charge in [0, 0.05) is 49.5 Å². The second-order valence-corrected chi connectivity index (χ2v) is 14.1. The average Bonchev–Trinajstić information content (AvgIpc) is 3.75. The van der Waals surface area contributed by atoms with Crippen LogP contribution in [0.1, 0.15) is 42.9 Å². The lowest BCUT2D eigenvalue weighted by Gasteiger charge is -2.26. The van der Waals surface area contributed by atoms with Crippen LogP contribution < -0.4 is 14.2 Å². The van der Waals surface area contributed by atoms with E-state index in [1.807, 2.05) is 0 Å². The van der Waals surface area contributed by atoms with Crippen LogP contribution in [0.5, 0.6) is 17.2 Å². The molecular formula is C29H28Cl2N2O7S2. The van der Waals surface area contributed by atoms with E-state index >= 15 is 0 Å². The lowest BCUT2D eigenvalue weighted by Crippen LogP contribution is -2.40. The summed E-state index contributed by atoms with van der Waals surface area (Å²) in [6.45, 7) is 0.172. The number of nitrogens with zero attached hydrogens (tertiary/aromatic N) is 2. The van der Waals surface area contributed by atoms with Crippen LogP contribution in [0.2, 0.25) is 10.0 Å². The van der Waals surface area contributed by atoms with E-state index in [-0.39, 0.29) is 17.9 Å². The standard InChI is InChI=1S/C29H28Cl2N2O7S2/c1-37-23-10-9-19(25-26(23)40-29(39-25)11-5-6-12-29)24(15-20-21(30)16-32-17-22(20)31)38-28(34)27-33(13-14-41-27)42(35,36)18-7-3-2-4-8-18/h2-4,7-10,16-17,24,27H,5-6,11-15H2,1H3/t24-,27-/m0/s1. The maximum Gasteiger partial charge on any atom is 0.335 e. The molecule has 1 spiro atoms. The number of halogens is 2. The van der Waals surface area contributed by atoms with Gasteiger partial charge in [-0.3, -0.25) is 4.98 Å². The maximum absolute atomic E-state index is 13.8. The largest absolute Gasteiger partial charge is 0.493 e. The molecule has 1 aliphatic carbocycles. The van der Waals surface area contributed by atoms with E-state index in [0.717, 1.165) is 12.8 Å². The molecule has 42 heavy (non-hydrogen) atoms. The maximum atomic E-state index is 13.8. The normalized spacial score (nSPS) is 20.1. The van der Waals surface area contributed by atoms with Gasteiger partial charge in [-0.1, -0.05) is 41.4 Å². The molecule has 13 heteroatoms. The number of carbonyl (C=O) groups is 1. The summed E-state index contributed by atoms with van der Waals surface area (Å²) >= 11 is 14.2. The van der Waals surface area contributed by atoms with Crippen molar-refractivity contribution >= 4 is 51.0 Å².